The number of halogens is 1. The van der Waals surface area contributed by atoms with Crippen molar-refractivity contribution >= 4 is 28.9 Å². The highest BCUT2D eigenvalue weighted by atomic mass is 35.5. The predicted molar refractivity (Wildman–Crippen MR) is 49.7 cm³/mol. The Morgan fingerprint density at radius 3 is 2.92 bits per heavy atom. The van der Waals surface area contributed by atoms with Crippen molar-refractivity contribution in [2.45, 2.75) is 5.92 Å². The summed E-state index contributed by atoms with van der Waals surface area (Å²) in [4.78, 5) is 11.1. The fraction of sp³-hybridized carbons (Fsp3) is 0.250. The van der Waals surface area contributed by atoms with Crippen molar-refractivity contribution in [2.75, 3.05) is 7.11 Å². The molecule has 3 nitrogen and oxygen atoms in total. The molecule has 0 radical (unpaired) electrons. The summed E-state index contributed by atoms with van der Waals surface area (Å²) in [5, 5.41) is 10.4. The largest absolute Gasteiger partial charge is 0.468 e. The molecule has 5 heteroatoms. The van der Waals surface area contributed by atoms with Crippen LogP contribution in [0.25, 0.3) is 0 Å². The average Bonchev–Trinajstić information content (AvgIpc) is 2.53. The molecule has 0 fully saturated rings. The number of nitriles is 1. The summed E-state index contributed by atoms with van der Waals surface area (Å²) in [5.41, 5.74) is 0.515. The zero-order valence-electron chi connectivity index (χ0n) is 6.78. The molecular formula is C8H6ClNO2S. The molecule has 0 spiro atoms. The van der Waals surface area contributed by atoms with Gasteiger partial charge in [-0.1, -0.05) is 11.6 Å². The highest BCUT2D eigenvalue weighted by Crippen LogP contribution is 2.29. The van der Waals surface area contributed by atoms with Gasteiger partial charge in [-0.15, -0.1) is 11.3 Å². The summed E-state index contributed by atoms with van der Waals surface area (Å²) >= 11 is 7.06. The fourth-order valence-electron chi connectivity index (χ4n) is 0.877. The molecule has 1 heterocycles. The average molecular weight is 216 g/mol. The molecule has 0 amide bonds. The van der Waals surface area contributed by atoms with E-state index in [-0.39, 0.29) is 0 Å². The molecule has 0 aliphatic rings. The number of carbonyl (C=O) groups is 1. The molecule has 1 aromatic heterocycles. The van der Waals surface area contributed by atoms with Crippen LogP contribution in [-0.2, 0) is 9.53 Å². The second-order valence-corrected chi connectivity index (χ2v) is 3.75. The van der Waals surface area contributed by atoms with Crippen LogP contribution in [0.1, 0.15) is 11.5 Å². The number of ether oxygens (including phenoxy) is 1. The minimum absolute atomic E-state index is 0.456. The van der Waals surface area contributed by atoms with Crippen molar-refractivity contribution in [1.82, 2.24) is 0 Å². The van der Waals surface area contributed by atoms with Crippen LogP contribution in [0.5, 0.6) is 0 Å². The normalized spacial score (nSPS) is 11.8. The Morgan fingerprint density at radius 1 is 1.85 bits per heavy atom. The van der Waals surface area contributed by atoms with Crippen molar-refractivity contribution in [1.29, 1.82) is 5.26 Å². The van der Waals surface area contributed by atoms with Crippen molar-refractivity contribution < 1.29 is 9.53 Å². The first-order valence-corrected chi connectivity index (χ1v) is 4.66. The third-order valence-corrected chi connectivity index (χ3v) is 2.72. The third-order valence-electron chi connectivity index (χ3n) is 1.52. The van der Waals surface area contributed by atoms with E-state index in [0.717, 1.165) is 0 Å². The van der Waals surface area contributed by atoms with Crippen LogP contribution < -0.4 is 0 Å². The van der Waals surface area contributed by atoms with Crippen molar-refractivity contribution in [2.24, 2.45) is 0 Å². The lowest BCUT2D eigenvalue weighted by Crippen LogP contribution is -2.11. The Balaban J connectivity index is 2.99. The van der Waals surface area contributed by atoms with E-state index in [0.29, 0.717) is 9.90 Å². The van der Waals surface area contributed by atoms with Crippen molar-refractivity contribution in [3.8, 4) is 6.07 Å². The van der Waals surface area contributed by atoms with Gasteiger partial charge >= 0.3 is 5.97 Å². The van der Waals surface area contributed by atoms with E-state index in [9.17, 15) is 4.79 Å². The van der Waals surface area contributed by atoms with E-state index in [1.165, 1.54) is 18.4 Å². The molecule has 0 N–H and O–H groups in total. The Kier molecular flexibility index (Phi) is 3.29. The van der Waals surface area contributed by atoms with Crippen LogP contribution in [0, 0.1) is 11.3 Å². The van der Waals surface area contributed by atoms with Gasteiger partial charge in [-0.3, -0.25) is 4.79 Å². The lowest BCUT2D eigenvalue weighted by Gasteiger charge is -2.04. The van der Waals surface area contributed by atoms with Gasteiger partial charge in [-0.05, 0) is 11.4 Å². The number of nitrogens with zero attached hydrogens (tertiary/aromatic N) is 1. The standard InChI is InChI=1S/C8H6ClNO2S/c1-12-8(11)6(4-10)5-2-3-13-7(5)9/h2-3,6H,1H3/t6-/m0/s1. The van der Waals surface area contributed by atoms with E-state index >= 15 is 0 Å². The molecular weight excluding hydrogens is 210 g/mol. The predicted octanol–water partition coefficient (Wildman–Crippen LogP) is 2.18. The molecule has 1 aromatic rings. The lowest BCUT2D eigenvalue weighted by molar-refractivity contribution is -0.140. The zero-order valence-corrected chi connectivity index (χ0v) is 8.35. The van der Waals surface area contributed by atoms with Gasteiger partial charge in [0.1, 0.15) is 0 Å². The van der Waals surface area contributed by atoms with Crippen molar-refractivity contribution in [3.63, 3.8) is 0 Å². The van der Waals surface area contributed by atoms with Crippen LogP contribution in [0.2, 0.25) is 4.34 Å². The van der Waals surface area contributed by atoms with Gasteiger partial charge in [0.2, 0.25) is 0 Å². The molecule has 0 unspecified atom stereocenters. The van der Waals surface area contributed by atoms with Gasteiger partial charge in [0.25, 0.3) is 0 Å². The number of hydrogen-bond acceptors (Lipinski definition) is 4. The number of rotatable bonds is 2. The number of methoxy groups -OCH3 is 1. The number of thiophene rings is 1. The molecule has 0 aliphatic carbocycles. The lowest BCUT2D eigenvalue weighted by atomic mass is 10.1. The molecule has 0 aliphatic heterocycles. The smallest absolute Gasteiger partial charge is 0.327 e. The maximum atomic E-state index is 11.1. The molecule has 0 saturated carbocycles. The highest BCUT2D eigenvalue weighted by molar-refractivity contribution is 7.14. The number of carbonyl (C=O) groups excluding carboxylic acids is 1. The summed E-state index contributed by atoms with van der Waals surface area (Å²) in [7, 11) is 1.24. The maximum absolute atomic E-state index is 11.1. The first kappa shape index (κ1) is 10.0. The Hall–Kier alpha value is -1.05. The first-order valence-electron chi connectivity index (χ1n) is 3.41. The summed E-state index contributed by atoms with van der Waals surface area (Å²) in [5.74, 6) is -1.49. The van der Waals surface area contributed by atoms with E-state index in [1.54, 1.807) is 11.4 Å². The third kappa shape index (κ3) is 2.00. The van der Waals surface area contributed by atoms with Crippen LogP contribution in [0.4, 0.5) is 0 Å². The summed E-state index contributed by atoms with van der Waals surface area (Å²) < 4.78 is 4.92. The van der Waals surface area contributed by atoms with Gasteiger partial charge in [-0.25, -0.2) is 0 Å². The van der Waals surface area contributed by atoms with Gasteiger partial charge in [0.15, 0.2) is 5.92 Å². The monoisotopic (exact) mass is 215 g/mol. The second-order valence-electron chi connectivity index (χ2n) is 2.23. The second kappa shape index (κ2) is 4.26. The van der Waals surface area contributed by atoms with E-state index in [2.05, 4.69) is 4.74 Å². The van der Waals surface area contributed by atoms with Crippen LogP contribution in [-0.4, -0.2) is 13.1 Å². The maximum Gasteiger partial charge on any atom is 0.327 e. The molecule has 0 saturated heterocycles. The SMILES string of the molecule is COC(=O)[C@@H](C#N)c1ccsc1Cl. The van der Waals surface area contributed by atoms with Gasteiger partial charge in [0, 0.05) is 5.56 Å². The number of esters is 1. The Morgan fingerprint density at radius 2 is 2.54 bits per heavy atom. The zero-order chi connectivity index (χ0) is 9.84. The first-order chi connectivity index (χ1) is 6.20. The minimum Gasteiger partial charge on any atom is -0.468 e. The van der Waals surface area contributed by atoms with E-state index in [1.807, 2.05) is 6.07 Å². The molecule has 0 bridgehead atoms. The summed E-state index contributed by atoms with van der Waals surface area (Å²) in [6.07, 6.45) is 0. The van der Waals surface area contributed by atoms with Crippen molar-refractivity contribution in [3.05, 3.63) is 21.3 Å². The van der Waals surface area contributed by atoms with Gasteiger partial charge in [0.05, 0.1) is 17.5 Å². The molecule has 13 heavy (non-hydrogen) atoms. The molecule has 0 aromatic carbocycles. The topological polar surface area (TPSA) is 50.1 Å². The number of hydrogen-bond donors (Lipinski definition) is 0. The van der Waals surface area contributed by atoms with Gasteiger partial charge < -0.3 is 4.74 Å². The molecule has 1 rings (SSSR count). The van der Waals surface area contributed by atoms with E-state index < -0.39 is 11.9 Å². The Labute approximate surface area is 84.5 Å². The van der Waals surface area contributed by atoms with Crippen LogP contribution in [0.15, 0.2) is 11.4 Å². The fourth-order valence-corrected chi connectivity index (χ4v) is 1.86. The molecule has 68 valence electrons. The van der Waals surface area contributed by atoms with Crippen LogP contribution in [0.3, 0.4) is 0 Å². The summed E-state index contributed by atoms with van der Waals surface area (Å²) in [6, 6.07) is 3.49. The highest BCUT2D eigenvalue weighted by Gasteiger charge is 2.23. The Bertz CT molecular complexity index is 355. The van der Waals surface area contributed by atoms with Crippen LogP contribution >= 0.6 is 22.9 Å². The van der Waals surface area contributed by atoms with Gasteiger partial charge in [-0.2, -0.15) is 5.26 Å². The summed E-state index contributed by atoms with van der Waals surface area (Å²) in [6.45, 7) is 0. The van der Waals surface area contributed by atoms with E-state index in [4.69, 9.17) is 16.9 Å². The molecule has 1 atom stereocenters. The minimum atomic E-state index is -0.913. The quantitative estimate of drug-likeness (QED) is 0.711.